The van der Waals surface area contributed by atoms with Gasteiger partial charge in [0.15, 0.2) is 11.5 Å². The number of nitrogens with one attached hydrogen (secondary N) is 1. The Kier molecular flexibility index (Phi) is 6.17. The molecule has 5 nitrogen and oxygen atoms in total. The Balaban J connectivity index is 1.81. The van der Waals surface area contributed by atoms with E-state index < -0.39 is 0 Å². The molecule has 23 heavy (non-hydrogen) atoms. The Morgan fingerprint density at radius 2 is 1.91 bits per heavy atom. The number of ether oxygens (including phenoxy) is 2. The fourth-order valence-corrected chi connectivity index (χ4v) is 1.92. The fraction of sp³-hybridized carbons (Fsp3) is 0.222. The highest BCUT2D eigenvalue weighted by atomic mass is 16.5. The summed E-state index contributed by atoms with van der Waals surface area (Å²) in [5.41, 5.74) is 0.925. The van der Waals surface area contributed by atoms with Crippen LogP contribution in [-0.2, 0) is 4.79 Å². The number of benzene rings is 1. The first-order chi connectivity index (χ1) is 11.2. The molecule has 0 bridgehead atoms. The van der Waals surface area contributed by atoms with Crippen LogP contribution in [0.2, 0.25) is 0 Å². The molecule has 1 atom stereocenters. The van der Waals surface area contributed by atoms with Crippen molar-refractivity contribution in [1.29, 1.82) is 0 Å². The lowest BCUT2D eigenvalue weighted by Gasteiger charge is -2.16. The number of hydrogen-bond donors (Lipinski definition) is 1. The minimum atomic E-state index is -0.176. The molecule has 0 saturated carbocycles. The molecule has 5 heteroatoms. The van der Waals surface area contributed by atoms with Crippen LogP contribution in [0.3, 0.4) is 0 Å². The van der Waals surface area contributed by atoms with Gasteiger partial charge >= 0.3 is 0 Å². The molecule has 0 spiro atoms. The minimum absolute atomic E-state index is 0.169. The quantitative estimate of drug-likeness (QED) is 0.799. The summed E-state index contributed by atoms with van der Waals surface area (Å²) >= 11 is 0. The summed E-state index contributed by atoms with van der Waals surface area (Å²) in [5, 5.41) is 2.80. The summed E-state index contributed by atoms with van der Waals surface area (Å²) in [4.78, 5) is 15.7. The number of nitrogens with zero attached hydrogens (tertiary/aromatic N) is 1. The normalized spacial score (nSPS) is 11.9. The second-order valence-electron chi connectivity index (χ2n) is 4.94. The van der Waals surface area contributed by atoms with Crippen LogP contribution in [0, 0.1) is 0 Å². The van der Waals surface area contributed by atoms with Crippen LogP contribution in [0.4, 0.5) is 0 Å². The highest BCUT2D eigenvalue weighted by Crippen LogP contribution is 2.26. The molecule has 0 radical (unpaired) electrons. The fourth-order valence-electron chi connectivity index (χ4n) is 1.92. The third-order valence-electron chi connectivity index (χ3n) is 3.09. The molecule has 0 unspecified atom stereocenters. The molecule has 1 amide bonds. The van der Waals surface area contributed by atoms with Gasteiger partial charge in [-0.05, 0) is 42.8 Å². The number of pyridine rings is 1. The first-order valence-electron chi connectivity index (χ1n) is 7.34. The second kappa shape index (κ2) is 8.58. The van der Waals surface area contributed by atoms with Crippen molar-refractivity contribution in [2.75, 3.05) is 13.7 Å². The van der Waals surface area contributed by atoms with Crippen molar-refractivity contribution < 1.29 is 14.3 Å². The van der Waals surface area contributed by atoms with E-state index in [1.54, 1.807) is 25.6 Å². The lowest BCUT2D eigenvalue weighted by molar-refractivity contribution is -0.116. The Morgan fingerprint density at radius 3 is 2.61 bits per heavy atom. The van der Waals surface area contributed by atoms with Gasteiger partial charge in [-0.3, -0.25) is 9.78 Å². The Labute approximate surface area is 136 Å². The standard InChI is InChI=1S/C18H20N2O3/c1-14(23-17-6-4-3-5-16(17)22-2)13-20-18(21)8-7-15-9-11-19-12-10-15/h3-12,14H,13H2,1-2H3,(H,20,21)/b8-7-/t14-/m1/s1. The van der Waals surface area contributed by atoms with Gasteiger partial charge in [0.05, 0.1) is 13.7 Å². The van der Waals surface area contributed by atoms with Gasteiger partial charge < -0.3 is 14.8 Å². The highest BCUT2D eigenvalue weighted by molar-refractivity contribution is 5.91. The molecular formula is C18H20N2O3. The maximum absolute atomic E-state index is 11.8. The average molecular weight is 312 g/mol. The van der Waals surface area contributed by atoms with E-state index in [0.29, 0.717) is 18.0 Å². The van der Waals surface area contributed by atoms with Crippen LogP contribution in [0.15, 0.2) is 54.9 Å². The molecule has 0 fully saturated rings. The molecule has 1 heterocycles. The van der Waals surface area contributed by atoms with Crippen molar-refractivity contribution >= 4 is 12.0 Å². The zero-order valence-electron chi connectivity index (χ0n) is 13.2. The van der Waals surface area contributed by atoms with Crippen LogP contribution in [0.1, 0.15) is 12.5 Å². The largest absolute Gasteiger partial charge is 0.493 e. The molecule has 1 aromatic heterocycles. The van der Waals surface area contributed by atoms with Gasteiger partial charge in [-0.1, -0.05) is 12.1 Å². The summed E-state index contributed by atoms with van der Waals surface area (Å²) in [5.74, 6) is 1.16. The Bertz CT molecular complexity index is 656. The Hall–Kier alpha value is -2.82. The second-order valence-corrected chi connectivity index (χ2v) is 4.94. The first-order valence-corrected chi connectivity index (χ1v) is 7.34. The average Bonchev–Trinajstić information content (AvgIpc) is 2.59. The van der Waals surface area contributed by atoms with Crippen molar-refractivity contribution in [2.45, 2.75) is 13.0 Å². The molecule has 120 valence electrons. The number of hydrogen-bond acceptors (Lipinski definition) is 4. The molecular weight excluding hydrogens is 292 g/mol. The van der Waals surface area contributed by atoms with Gasteiger partial charge in [0, 0.05) is 18.5 Å². The molecule has 1 N–H and O–H groups in total. The monoisotopic (exact) mass is 312 g/mol. The number of aromatic nitrogens is 1. The molecule has 0 aliphatic rings. The molecule has 2 rings (SSSR count). The zero-order valence-corrected chi connectivity index (χ0v) is 13.2. The van der Waals surface area contributed by atoms with Gasteiger partial charge in [-0.15, -0.1) is 0 Å². The number of amides is 1. The van der Waals surface area contributed by atoms with Crippen molar-refractivity contribution in [3.8, 4) is 11.5 Å². The minimum Gasteiger partial charge on any atom is -0.493 e. The number of carbonyl (C=O) groups is 1. The maximum Gasteiger partial charge on any atom is 0.244 e. The van der Waals surface area contributed by atoms with Crippen molar-refractivity contribution in [3.05, 3.63) is 60.4 Å². The SMILES string of the molecule is COc1ccccc1O[C@H](C)CNC(=O)/C=C\c1ccncc1. The van der Waals surface area contributed by atoms with E-state index in [1.165, 1.54) is 6.08 Å². The predicted molar refractivity (Wildman–Crippen MR) is 89.4 cm³/mol. The van der Waals surface area contributed by atoms with Gasteiger partial charge in [-0.2, -0.15) is 0 Å². The van der Waals surface area contributed by atoms with Crippen LogP contribution in [-0.4, -0.2) is 30.6 Å². The van der Waals surface area contributed by atoms with Crippen LogP contribution in [0.25, 0.3) is 6.08 Å². The van der Waals surface area contributed by atoms with E-state index in [4.69, 9.17) is 9.47 Å². The van der Waals surface area contributed by atoms with E-state index in [2.05, 4.69) is 10.3 Å². The topological polar surface area (TPSA) is 60.5 Å². The van der Waals surface area contributed by atoms with Crippen LogP contribution >= 0.6 is 0 Å². The van der Waals surface area contributed by atoms with Crippen molar-refractivity contribution in [1.82, 2.24) is 10.3 Å². The number of rotatable bonds is 7. The lowest BCUT2D eigenvalue weighted by Crippen LogP contribution is -2.32. The molecule has 0 saturated heterocycles. The van der Waals surface area contributed by atoms with Crippen molar-refractivity contribution in [3.63, 3.8) is 0 Å². The summed E-state index contributed by atoms with van der Waals surface area (Å²) < 4.78 is 11.0. The lowest BCUT2D eigenvalue weighted by atomic mass is 10.2. The summed E-state index contributed by atoms with van der Waals surface area (Å²) in [6, 6.07) is 11.1. The van der Waals surface area contributed by atoms with E-state index in [-0.39, 0.29) is 12.0 Å². The summed E-state index contributed by atoms with van der Waals surface area (Å²) in [6.07, 6.45) is 6.42. The van der Waals surface area contributed by atoms with Crippen LogP contribution < -0.4 is 14.8 Å². The van der Waals surface area contributed by atoms with Gasteiger partial charge in [0.2, 0.25) is 5.91 Å². The predicted octanol–water partition coefficient (Wildman–Crippen LogP) is 2.69. The summed E-state index contributed by atoms with van der Waals surface area (Å²) in [7, 11) is 1.60. The summed E-state index contributed by atoms with van der Waals surface area (Å²) in [6.45, 7) is 2.29. The highest BCUT2D eigenvalue weighted by Gasteiger charge is 2.09. The van der Waals surface area contributed by atoms with E-state index >= 15 is 0 Å². The van der Waals surface area contributed by atoms with E-state index in [0.717, 1.165) is 5.56 Å². The van der Waals surface area contributed by atoms with Gasteiger partial charge in [0.1, 0.15) is 6.10 Å². The maximum atomic E-state index is 11.8. The number of para-hydroxylation sites is 2. The third-order valence-corrected chi connectivity index (χ3v) is 3.09. The number of methoxy groups -OCH3 is 1. The molecule has 0 aliphatic heterocycles. The number of carbonyl (C=O) groups excluding carboxylic acids is 1. The van der Waals surface area contributed by atoms with E-state index in [1.807, 2.05) is 43.3 Å². The van der Waals surface area contributed by atoms with Gasteiger partial charge in [0.25, 0.3) is 0 Å². The third kappa shape index (κ3) is 5.47. The zero-order chi connectivity index (χ0) is 16.5. The van der Waals surface area contributed by atoms with Gasteiger partial charge in [-0.25, -0.2) is 0 Å². The Morgan fingerprint density at radius 1 is 1.22 bits per heavy atom. The van der Waals surface area contributed by atoms with E-state index in [9.17, 15) is 4.79 Å². The van der Waals surface area contributed by atoms with Crippen LogP contribution in [0.5, 0.6) is 11.5 Å². The van der Waals surface area contributed by atoms with Crippen molar-refractivity contribution in [2.24, 2.45) is 0 Å². The first kappa shape index (κ1) is 16.5. The molecule has 2 aromatic rings. The molecule has 0 aliphatic carbocycles. The smallest absolute Gasteiger partial charge is 0.244 e. The molecule has 1 aromatic carbocycles.